The molecule has 0 saturated carbocycles. The molecule has 0 bridgehead atoms. The number of hydrogen-bond donors (Lipinski definition) is 0. The zero-order chi connectivity index (χ0) is 18.4. The number of allylic oxidation sites excluding steroid dienone is 1. The van der Waals surface area contributed by atoms with Crippen LogP contribution in [0, 0.1) is 11.5 Å². The van der Waals surface area contributed by atoms with Crippen LogP contribution in [0.15, 0.2) is 35.2 Å². The van der Waals surface area contributed by atoms with Gasteiger partial charge >= 0.3 is 0 Å². The van der Waals surface area contributed by atoms with Gasteiger partial charge in [-0.3, -0.25) is 0 Å². The molecular weight excluding hydrogens is 308 g/mol. The first kappa shape index (κ1) is 18.1. The van der Waals surface area contributed by atoms with E-state index in [-0.39, 0.29) is 6.40 Å². The molecule has 0 aliphatic rings. The molecule has 1 atom stereocenters. The molecule has 2 heteroatoms. The minimum absolute atomic E-state index is 0.127. The van der Waals surface area contributed by atoms with Crippen molar-refractivity contribution in [2.24, 2.45) is 0 Å². The summed E-state index contributed by atoms with van der Waals surface area (Å²) in [6.07, 6.45) is 3.89. The standard InChI is InChI=1S/C21H32Si2/c1-8-9-14-21(23(5,6)7)16-15-19-12-10-11-13-20(19)17-18-22(2,3)4/h10-13,15H,8-9,14H2,1-7H3/i14D. The van der Waals surface area contributed by atoms with Gasteiger partial charge in [0.05, 0.1) is 8.07 Å². The molecule has 0 fully saturated rings. The summed E-state index contributed by atoms with van der Waals surface area (Å²) >= 11 is 0. The maximum atomic E-state index is 8.46. The van der Waals surface area contributed by atoms with Crippen molar-refractivity contribution < 1.29 is 1.37 Å². The molecule has 0 amide bonds. The Hall–Kier alpha value is -1.27. The molecule has 23 heavy (non-hydrogen) atoms. The first-order valence-corrected chi connectivity index (χ1v) is 15.6. The fourth-order valence-corrected chi connectivity index (χ4v) is 3.79. The van der Waals surface area contributed by atoms with Gasteiger partial charge in [0.25, 0.3) is 0 Å². The molecule has 1 unspecified atom stereocenters. The molecule has 0 spiro atoms. The SMILES string of the molecule is [2H]C(CCC)C(=C=Cc1ccccc1C#C[Si](C)(C)C)[Si](C)(C)C. The van der Waals surface area contributed by atoms with Crippen LogP contribution in [0.25, 0.3) is 6.08 Å². The number of rotatable bonds is 5. The van der Waals surface area contributed by atoms with Gasteiger partial charge in [-0.1, -0.05) is 76.7 Å². The third-order valence-electron chi connectivity index (χ3n) is 3.36. The highest BCUT2D eigenvalue weighted by Gasteiger charge is 2.18. The minimum Gasteiger partial charge on any atom is -0.127 e. The highest BCUT2D eigenvalue weighted by Crippen LogP contribution is 2.20. The molecule has 0 nitrogen and oxygen atoms in total. The summed E-state index contributed by atoms with van der Waals surface area (Å²) in [7, 11) is -2.94. The summed E-state index contributed by atoms with van der Waals surface area (Å²) in [5, 5.41) is 1.21. The summed E-state index contributed by atoms with van der Waals surface area (Å²) in [5.74, 6) is 3.37. The van der Waals surface area contributed by atoms with E-state index in [9.17, 15) is 0 Å². The first-order valence-electron chi connectivity index (χ1n) is 9.14. The zero-order valence-corrected chi connectivity index (χ0v) is 17.9. The molecule has 1 rings (SSSR count). The van der Waals surface area contributed by atoms with Crippen molar-refractivity contribution in [2.45, 2.75) is 65.4 Å². The monoisotopic (exact) mass is 341 g/mol. The minimum atomic E-state index is -1.55. The predicted molar refractivity (Wildman–Crippen MR) is 111 cm³/mol. The molecule has 124 valence electrons. The molecule has 0 heterocycles. The van der Waals surface area contributed by atoms with Gasteiger partial charge in [0, 0.05) is 6.93 Å². The fourth-order valence-electron chi connectivity index (χ4n) is 2.02. The van der Waals surface area contributed by atoms with Crippen LogP contribution in [0.1, 0.15) is 38.7 Å². The average molecular weight is 342 g/mol. The Morgan fingerprint density at radius 3 is 2.35 bits per heavy atom. The van der Waals surface area contributed by atoms with Gasteiger partial charge in [-0.15, -0.1) is 11.3 Å². The third-order valence-corrected chi connectivity index (χ3v) is 6.20. The molecule has 0 aromatic heterocycles. The normalized spacial score (nSPS) is 13.3. The highest BCUT2D eigenvalue weighted by molar-refractivity contribution is 6.84. The maximum Gasteiger partial charge on any atom is 0.129 e. The lowest BCUT2D eigenvalue weighted by Gasteiger charge is -2.18. The first-order chi connectivity index (χ1) is 11.0. The van der Waals surface area contributed by atoms with Crippen LogP contribution in [0.4, 0.5) is 0 Å². The van der Waals surface area contributed by atoms with E-state index in [2.05, 4.69) is 81.6 Å². The fraction of sp³-hybridized carbons (Fsp3) is 0.476. The van der Waals surface area contributed by atoms with Crippen molar-refractivity contribution >= 4 is 22.2 Å². The molecule has 0 N–H and O–H groups in total. The molecule has 1 aromatic carbocycles. The summed E-state index contributed by atoms with van der Waals surface area (Å²) in [6.45, 7) is 15.8. The topological polar surface area (TPSA) is 0 Å². The molecule has 0 aliphatic heterocycles. The van der Waals surface area contributed by atoms with Gasteiger partial charge in [0.15, 0.2) is 0 Å². The second-order valence-electron chi connectivity index (χ2n) is 8.03. The highest BCUT2D eigenvalue weighted by atomic mass is 28.3. The van der Waals surface area contributed by atoms with Gasteiger partial charge in [0.2, 0.25) is 0 Å². The van der Waals surface area contributed by atoms with Crippen molar-refractivity contribution in [1.29, 1.82) is 0 Å². The van der Waals surface area contributed by atoms with E-state index in [0.717, 1.165) is 24.0 Å². The predicted octanol–water partition coefficient (Wildman–Crippen LogP) is 6.52. The second kappa shape index (κ2) is 8.55. The molecule has 0 radical (unpaired) electrons. The largest absolute Gasteiger partial charge is 0.129 e. The van der Waals surface area contributed by atoms with E-state index in [1.54, 1.807) is 0 Å². The van der Waals surface area contributed by atoms with Crippen LogP contribution in [0.5, 0.6) is 0 Å². The lowest BCUT2D eigenvalue weighted by molar-refractivity contribution is 0.804. The molecular formula is C21H32Si2. The summed E-state index contributed by atoms with van der Waals surface area (Å²) in [4.78, 5) is 0. The number of hydrogen-bond acceptors (Lipinski definition) is 0. The Kier molecular flexibility index (Phi) is 6.72. The smallest absolute Gasteiger partial charge is 0.127 e. The Bertz CT molecular complexity index is 672. The van der Waals surface area contributed by atoms with E-state index >= 15 is 0 Å². The number of benzene rings is 1. The van der Waals surface area contributed by atoms with Crippen molar-refractivity contribution in [3.63, 3.8) is 0 Å². The second-order valence-corrected chi connectivity index (χ2v) is 17.8. The van der Waals surface area contributed by atoms with Gasteiger partial charge in [-0.2, -0.15) is 0 Å². The van der Waals surface area contributed by atoms with Gasteiger partial charge in [0.1, 0.15) is 8.07 Å². The Balaban J connectivity index is 3.34. The molecule has 1 aromatic rings. The maximum absolute atomic E-state index is 8.46. The van der Waals surface area contributed by atoms with Gasteiger partial charge in [-0.05, 0) is 35.7 Å². The van der Waals surface area contributed by atoms with Crippen molar-refractivity contribution in [1.82, 2.24) is 0 Å². The van der Waals surface area contributed by atoms with Crippen LogP contribution in [0.2, 0.25) is 39.3 Å². The van der Waals surface area contributed by atoms with E-state index in [0.29, 0.717) is 0 Å². The van der Waals surface area contributed by atoms with Crippen molar-refractivity contribution in [3.05, 3.63) is 46.3 Å². The Labute approximate surface area is 147 Å². The van der Waals surface area contributed by atoms with Crippen LogP contribution in [-0.2, 0) is 0 Å². The van der Waals surface area contributed by atoms with E-state index in [1.165, 1.54) is 5.20 Å². The lowest BCUT2D eigenvalue weighted by atomic mass is 10.1. The summed E-state index contributed by atoms with van der Waals surface area (Å²) in [6, 6.07) is 8.27. The average Bonchev–Trinajstić information content (AvgIpc) is 2.44. The van der Waals surface area contributed by atoms with Crippen molar-refractivity contribution in [3.8, 4) is 11.5 Å². The van der Waals surface area contributed by atoms with Crippen LogP contribution >= 0.6 is 0 Å². The quantitative estimate of drug-likeness (QED) is 0.325. The Morgan fingerprint density at radius 1 is 1.13 bits per heavy atom. The summed E-state index contributed by atoms with van der Waals surface area (Å²) in [5.41, 5.74) is 9.14. The molecule has 0 saturated heterocycles. The van der Waals surface area contributed by atoms with Gasteiger partial charge in [-0.25, -0.2) is 0 Å². The van der Waals surface area contributed by atoms with Crippen LogP contribution in [-0.4, -0.2) is 16.1 Å². The zero-order valence-electron chi connectivity index (χ0n) is 16.9. The van der Waals surface area contributed by atoms with Gasteiger partial charge < -0.3 is 0 Å². The molecule has 0 aliphatic carbocycles. The van der Waals surface area contributed by atoms with E-state index < -0.39 is 16.1 Å². The van der Waals surface area contributed by atoms with Crippen molar-refractivity contribution in [2.75, 3.05) is 0 Å². The van der Waals surface area contributed by atoms with E-state index in [4.69, 9.17) is 1.37 Å². The lowest BCUT2D eigenvalue weighted by Crippen LogP contribution is -2.23. The Morgan fingerprint density at radius 2 is 1.78 bits per heavy atom. The van der Waals surface area contributed by atoms with E-state index in [1.807, 2.05) is 12.1 Å². The van der Waals surface area contributed by atoms with Crippen LogP contribution in [0.3, 0.4) is 0 Å². The van der Waals surface area contributed by atoms with Crippen LogP contribution < -0.4 is 0 Å². The summed E-state index contributed by atoms with van der Waals surface area (Å²) < 4.78 is 8.46. The third kappa shape index (κ3) is 7.70.